The molecule has 0 heterocycles. The first-order valence-electron chi connectivity index (χ1n) is 13.9. The van der Waals surface area contributed by atoms with Crippen LogP contribution in [0.3, 0.4) is 0 Å². The van der Waals surface area contributed by atoms with Crippen molar-refractivity contribution >= 4 is 26.9 Å². The van der Waals surface area contributed by atoms with Gasteiger partial charge in [0.2, 0.25) is 6.29 Å². The molecule has 3 aliphatic carbocycles. The highest BCUT2D eigenvalue weighted by Crippen LogP contribution is 2.59. The van der Waals surface area contributed by atoms with Crippen molar-refractivity contribution in [2.45, 2.75) is 63.2 Å². The van der Waals surface area contributed by atoms with Gasteiger partial charge in [0.15, 0.2) is 11.6 Å². The lowest BCUT2D eigenvalue weighted by atomic mass is 9.80. The SMILES string of the molecule is CC(C)C(Oc1cc(C(=O)Oc2ccc(S(=O)(=O)O)c3ccccc23)ccc1F)OC1CC2CC1C1CCCC21. The fourth-order valence-corrected chi connectivity index (χ4v) is 7.91. The van der Waals surface area contributed by atoms with E-state index in [1.165, 1.54) is 56.0 Å². The molecule has 7 nitrogen and oxygen atoms in total. The number of ether oxygens (including phenoxy) is 3. The van der Waals surface area contributed by atoms with Crippen molar-refractivity contribution in [1.82, 2.24) is 0 Å². The standard InChI is InChI=1S/C31H33FO7S/c1-17(2)31(38-27-16-19-14-24(27)21-9-5-8-20(19)21)39-28-15-18(10-11-25(28)32)30(33)37-26-12-13-29(40(34,35)36)23-7-4-3-6-22(23)26/h3-4,6-7,10-13,15,17,19-21,24,27,31H,5,8-9,14,16H2,1-2H3,(H,34,35,36). The van der Waals surface area contributed by atoms with Crippen LogP contribution in [0, 0.1) is 35.4 Å². The average Bonchev–Trinajstić information content (AvgIpc) is 3.63. The van der Waals surface area contributed by atoms with Crippen LogP contribution < -0.4 is 9.47 Å². The zero-order valence-corrected chi connectivity index (χ0v) is 23.3. The molecule has 3 aromatic rings. The fourth-order valence-electron chi connectivity index (χ4n) is 7.22. The molecule has 0 aromatic heterocycles. The van der Waals surface area contributed by atoms with Gasteiger partial charge in [-0.15, -0.1) is 0 Å². The molecule has 40 heavy (non-hydrogen) atoms. The molecule has 212 valence electrons. The van der Waals surface area contributed by atoms with Gasteiger partial charge in [0.05, 0.1) is 11.7 Å². The molecular weight excluding hydrogens is 535 g/mol. The van der Waals surface area contributed by atoms with E-state index in [0.29, 0.717) is 17.2 Å². The number of carbonyl (C=O) groups is 1. The molecule has 3 aliphatic rings. The molecule has 6 unspecified atom stereocenters. The Kier molecular flexibility index (Phi) is 7.09. The van der Waals surface area contributed by atoms with Crippen molar-refractivity contribution in [2.75, 3.05) is 0 Å². The third-order valence-electron chi connectivity index (χ3n) is 8.96. The summed E-state index contributed by atoms with van der Waals surface area (Å²) < 4.78 is 66.1. The third-order valence-corrected chi connectivity index (χ3v) is 9.87. The van der Waals surface area contributed by atoms with E-state index in [1.807, 2.05) is 13.8 Å². The third kappa shape index (κ3) is 4.99. The molecule has 3 fully saturated rings. The molecular formula is C31H33FO7S. The molecule has 0 radical (unpaired) electrons. The van der Waals surface area contributed by atoms with E-state index in [-0.39, 0.29) is 39.4 Å². The number of carbonyl (C=O) groups excluding carboxylic acids is 1. The summed E-state index contributed by atoms with van der Waals surface area (Å²) in [5.74, 6) is 1.41. The Hall–Kier alpha value is -3.01. The number of rotatable bonds is 8. The van der Waals surface area contributed by atoms with Crippen molar-refractivity contribution in [3.8, 4) is 11.5 Å². The minimum absolute atomic E-state index is 0.0406. The maximum Gasteiger partial charge on any atom is 0.343 e. The molecule has 3 aromatic carbocycles. The second kappa shape index (κ2) is 10.4. The topological polar surface area (TPSA) is 99.1 Å². The number of fused-ring (bicyclic) bond motifs is 6. The summed E-state index contributed by atoms with van der Waals surface area (Å²) in [5.41, 5.74) is 0.0653. The van der Waals surface area contributed by atoms with Gasteiger partial charge < -0.3 is 14.2 Å². The van der Waals surface area contributed by atoms with Crippen LogP contribution in [-0.4, -0.2) is 31.3 Å². The van der Waals surface area contributed by atoms with Crippen molar-refractivity contribution in [2.24, 2.45) is 29.6 Å². The first kappa shape index (κ1) is 27.2. The van der Waals surface area contributed by atoms with Crippen LogP contribution in [0.2, 0.25) is 0 Å². The molecule has 0 aliphatic heterocycles. The van der Waals surface area contributed by atoms with Gasteiger partial charge in [-0.2, -0.15) is 8.42 Å². The lowest BCUT2D eigenvalue weighted by Gasteiger charge is -2.35. The number of halogens is 1. The second-order valence-corrected chi connectivity index (χ2v) is 13.1. The molecule has 1 N–H and O–H groups in total. The highest BCUT2D eigenvalue weighted by molar-refractivity contribution is 7.86. The van der Waals surface area contributed by atoms with Gasteiger partial charge in [0.1, 0.15) is 10.6 Å². The van der Waals surface area contributed by atoms with E-state index in [4.69, 9.17) is 14.2 Å². The zero-order valence-electron chi connectivity index (χ0n) is 22.5. The lowest BCUT2D eigenvalue weighted by Crippen LogP contribution is -2.37. The maximum atomic E-state index is 14.9. The second-order valence-electron chi connectivity index (χ2n) is 11.7. The molecule has 6 atom stereocenters. The summed E-state index contributed by atoms with van der Waals surface area (Å²) in [5, 5.41) is 0.535. The van der Waals surface area contributed by atoms with E-state index in [9.17, 15) is 22.2 Å². The van der Waals surface area contributed by atoms with Gasteiger partial charge >= 0.3 is 5.97 Å². The molecule has 9 heteroatoms. The molecule has 0 amide bonds. The monoisotopic (exact) mass is 568 g/mol. The van der Waals surface area contributed by atoms with E-state index >= 15 is 0 Å². The Bertz CT molecular complexity index is 1550. The van der Waals surface area contributed by atoms with E-state index < -0.39 is 28.2 Å². The molecule has 0 spiro atoms. The van der Waals surface area contributed by atoms with Gasteiger partial charge in [0, 0.05) is 16.7 Å². The molecule has 6 rings (SSSR count). The summed E-state index contributed by atoms with van der Waals surface area (Å²) in [7, 11) is -4.48. The largest absolute Gasteiger partial charge is 0.462 e. The van der Waals surface area contributed by atoms with Crippen LogP contribution in [0.4, 0.5) is 4.39 Å². The molecule has 3 saturated carbocycles. The highest BCUT2D eigenvalue weighted by atomic mass is 32.2. The van der Waals surface area contributed by atoms with Crippen LogP contribution in [0.1, 0.15) is 56.3 Å². The Morgan fingerprint density at radius 2 is 1.70 bits per heavy atom. The van der Waals surface area contributed by atoms with E-state index in [0.717, 1.165) is 24.3 Å². The predicted molar refractivity (Wildman–Crippen MR) is 146 cm³/mol. The van der Waals surface area contributed by atoms with E-state index in [2.05, 4.69) is 0 Å². The Labute approximate surface area is 233 Å². The van der Waals surface area contributed by atoms with Crippen LogP contribution in [0.15, 0.2) is 59.5 Å². The van der Waals surface area contributed by atoms with Gasteiger partial charge in [-0.05, 0) is 79.7 Å². The predicted octanol–water partition coefficient (Wildman–Crippen LogP) is 6.65. The minimum Gasteiger partial charge on any atom is -0.462 e. The van der Waals surface area contributed by atoms with Crippen molar-refractivity contribution in [3.63, 3.8) is 0 Å². The van der Waals surface area contributed by atoms with Crippen molar-refractivity contribution in [3.05, 3.63) is 66.0 Å². The smallest absolute Gasteiger partial charge is 0.343 e. The maximum absolute atomic E-state index is 14.9. The van der Waals surface area contributed by atoms with Gasteiger partial charge in [-0.1, -0.05) is 44.5 Å². The molecule has 2 bridgehead atoms. The van der Waals surface area contributed by atoms with E-state index in [1.54, 1.807) is 18.2 Å². The Balaban J connectivity index is 1.20. The first-order valence-corrected chi connectivity index (χ1v) is 15.4. The lowest BCUT2D eigenvalue weighted by molar-refractivity contribution is -0.163. The summed E-state index contributed by atoms with van der Waals surface area (Å²) >= 11 is 0. The summed E-state index contributed by atoms with van der Waals surface area (Å²) in [4.78, 5) is 12.8. The van der Waals surface area contributed by atoms with Gasteiger partial charge in [-0.25, -0.2) is 9.18 Å². The van der Waals surface area contributed by atoms with Crippen molar-refractivity contribution < 1.29 is 36.4 Å². The van der Waals surface area contributed by atoms with Gasteiger partial charge in [0.25, 0.3) is 10.1 Å². The average molecular weight is 569 g/mol. The highest BCUT2D eigenvalue weighted by Gasteiger charge is 2.54. The number of esters is 1. The first-order chi connectivity index (χ1) is 19.1. The Morgan fingerprint density at radius 3 is 2.45 bits per heavy atom. The Morgan fingerprint density at radius 1 is 0.950 bits per heavy atom. The van der Waals surface area contributed by atoms with Crippen LogP contribution >= 0.6 is 0 Å². The number of hydrogen-bond donors (Lipinski definition) is 1. The van der Waals surface area contributed by atoms with Crippen molar-refractivity contribution in [1.29, 1.82) is 0 Å². The quantitative estimate of drug-likeness (QED) is 0.141. The van der Waals surface area contributed by atoms with Crippen LogP contribution in [0.25, 0.3) is 10.8 Å². The number of benzene rings is 3. The minimum atomic E-state index is -4.48. The van der Waals surface area contributed by atoms with Crippen LogP contribution in [0.5, 0.6) is 11.5 Å². The fraction of sp³-hybridized carbons (Fsp3) is 0.452. The molecule has 0 saturated heterocycles. The number of hydrogen-bond acceptors (Lipinski definition) is 6. The summed E-state index contributed by atoms with van der Waals surface area (Å²) in [6.07, 6.45) is 5.57. The van der Waals surface area contributed by atoms with Crippen LogP contribution in [-0.2, 0) is 14.9 Å². The normalized spacial score (nSPS) is 26.3. The summed E-state index contributed by atoms with van der Waals surface area (Å²) in [6.45, 7) is 3.93. The zero-order chi connectivity index (χ0) is 28.2. The summed E-state index contributed by atoms with van der Waals surface area (Å²) in [6, 6.07) is 12.6. The van der Waals surface area contributed by atoms with Gasteiger partial charge in [-0.3, -0.25) is 4.55 Å².